The van der Waals surface area contributed by atoms with Gasteiger partial charge in [-0.25, -0.2) is 9.97 Å². The Bertz CT molecular complexity index is 2520. The molecule has 8 rings (SSSR count). The first kappa shape index (κ1) is 36.1. The Balaban J connectivity index is 1.48. The van der Waals surface area contributed by atoms with Gasteiger partial charge in [-0.1, -0.05) is 122 Å². The summed E-state index contributed by atoms with van der Waals surface area (Å²) in [5.41, 5.74) is 10.6. The highest BCUT2D eigenvalue weighted by atomic mass is 16.2. The van der Waals surface area contributed by atoms with Gasteiger partial charge in [0.15, 0.2) is 23.2 Å². The van der Waals surface area contributed by atoms with E-state index in [0.29, 0.717) is 22.8 Å². The van der Waals surface area contributed by atoms with Gasteiger partial charge in [0, 0.05) is 11.1 Å². The summed E-state index contributed by atoms with van der Waals surface area (Å²) >= 11 is 0. The minimum Gasteiger partial charge on any atom is -0.288 e. The molecular weight excluding hydrogens is 677 g/mol. The first-order valence-corrected chi connectivity index (χ1v) is 19.5. The molecule has 0 amide bonds. The summed E-state index contributed by atoms with van der Waals surface area (Å²) in [4.78, 5) is 43.7. The lowest BCUT2D eigenvalue weighted by atomic mass is 9.91. The fourth-order valence-corrected chi connectivity index (χ4v) is 8.21. The van der Waals surface area contributed by atoms with Crippen molar-refractivity contribution >= 4 is 56.4 Å². The number of nitrogens with zero attached hydrogens (tertiary/aromatic N) is 4. The van der Waals surface area contributed by atoms with Crippen molar-refractivity contribution in [3.8, 4) is 0 Å². The van der Waals surface area contributed by atoms with Gasteiger partial charge in [0.1, 0.15) is 5.82 Å². The summed E-state index contributed by atoms with van der Waals surface area (Å²) < 4.78 is 0. The molecule has 0 unspecified atom stereocenters. The van der Waals surface area contributed by atoms with Crippen LogP contribution in [-0.2, 0) is 0 Å². The largest absolute Gasteiger partial charge is 0.288 e. The van der Waals surface area contributed by atoms with Gasteiger partial charge in [-0.2, -0.15) is 0 Å². The molecule has 2 heterocycles. The Morgan fingerprint density at radius 2 is 0.945 bits per heavy atom. The van der Waals surface area contributed by atoms with Gasteiger partial charge < -0.3 is 0 Å². The van der Waals surface area contributed by atoms with Crippen LogP contribution in [0.4, 0.5) is 23.0 Å². The van der Waals surface area contributed by atoms with Crippen LogP contribution in [0.5, 0.6) is 0 Å². The van der Waals surface area contributed by atoms with Gasteiger partial charge in [-0.05, 0) is 106 Å². The van der Waals surface area contributed by atoms with Crippen LogP contribution in [0, 0.1) is 6.92 Å². The summed E-state index contributed by atoms with van der Waals surface area (Å²) in [5.74, 6) is 2.44. The first-order valence-electron chi connectivity index (χ1n) is 19.5. The molecule has 0 spiro atoms. The van der Waals surface area contributed by atoms with Crippen LogP contribution in [0.2, 0.25) is 0 Å². The van der Waals surface area contributed by atoms with Crippen LogP contribution in [0.15, 0.2) is 115 Å². The monoisotopic (exact) mass is 724 g/mol. The summed E-state index contributed by atoms with van der Waals surface area (Å²) in [6.07, 6.45) is 3.69. The molecule has 0 N–H and O–H groups in total. The number of fused-ring (bicyclic) bond motifs is 4. The van der Waals surface area contributed by atoms with Crippen LogP contribution in [0.25, 0.3) is 21.8 Å². The third-order valence-electron chi connectivity index (χ3n) is 11.1. The van der Waals surface area contributed by atoms with E-state index in [2.05, 4.69) is 121 Å². The fourth-order valence-electron chi connectivity index (χ4n) is 8.21. The third kappa shape index (κ3) is 5.95. The zero-order valence-corrected chi connectivity index (χ0v) is 33.2. The predicted molar refractivity (Wildman–Crippen MR) is 227 cm³/mol. The number of benzene rings is 5. The summed E-state index contributed by atoms with van der Waals surface area (Å²) in [6.45, 7) is 19.9. The zero-order valence-electron chi connectivity index (χ0n) is 33.2. The fraction of sp³-hybridized carbons (Fsp3) is 0.265. The molecule has 0 saturated carbocycles. The predicted octanol–water partition coefficient (Wildman–Crippen LogP) is 12.7. The quantitative estimate of drug-likeness (QED) is 0.121. The number of carbonyl (C=O) groups is 2. The maximum Gasteiger partial charge on any atom is 0.197 e. The molecule has 0 radical (unpaired) electrons. The Kier molecular flexibility index (Phi) is 9.03. The van der Waals surface area contributed by atoms with Crippen LogP contribution in [0.3, 0.4) is 0 Å². The number of hydrogen-bond donors (Lipinski definition) is 0. The van der Waals surface area contributed by atoms with Gasteiger partial charge in [0.25, 0.3) is 0 Å². The number of aryl methyl sites for hydroxylation is 1. The maximum atomic E-state index is 14.2. The molecule has 6 heteroatoms. The first-order chi connectivity index (χ1) is 26.3. The van der Waals surface area contributed by atoms with Crippen molar-refractivity contribution in [2.75, 3.05) is 9.80 Å². The highest BCUT2D eigenvalue weighted by Crippen LogP contribution is 2.54. The average molecular weight is 725 g/mol. The molecule has 6 nitrogen and oxygen atoms in total. The zero-order chi connectivity index (χ0) is 38.9. The van der Waals surface area contributed by atoms with E-state index >= 15 is 0 Å². The van der Waals surface area contributed by atoms with Crippen molar-refractivity contribution in [3.63, 3.8) is 0 Å². The summed E-state index contributed by atoms with van der Waals surface area (Å²) in [5, 5.41) is 1.87. The van der Waals surface area contributed by atoms with Gasteiger partial charge in [-0.3, -0.25) is 19.4 Å². The topological polar surface area (TPSA) is 66.4 Å². The van der Waals surface area contributed by atoms with Crippen molar-refractivity contribution in [2.45, 2.75) is 86.0 Å². The minimum atomic E-state index is -0.260. The number of aromatic nitrogens is 2. The second kappa shape index (κ2) is 13.8. The highest BCUT2D eigenvalue weighted by Gasteiger charge is 2.41. The molecule has 0 atom stereocenters. The van der Waals surface area contributed by atoms with Crippen molar-refractivity contribution in [1.82, 2.24) is 9.97 Å². The standard InChI is InChI=1S/C49H48N4O2/c1-27(2)34-16-12-17-35(28(3)4)44(34)52-43(23-21-38-46(54)39-25-32-14-10-11-15-33(32)26-40(39)47(38)55)53(45-36(29(5)6)18-13-19-37(45)30(7)8)49-48(52)50-41-22-20-31(9)24-42(41)51-49/h10-30H,1-9H3/b43-23-. The van der Waals surface area contributed by atoms with Gasteiger partial charge in [0.05, 0.1) is 28.0 Å². The summed E-state index contributed by atoms with van der Waals surface area (Å²) in [7, 11) is 0. The van der Waals surface area contributed by atoms with E-state index in [0.717, 1.165) is 44.6 Å². The van der Waals surface area contributed by atoms with Crippen molar-refractivity contribution in [2.24, 2.45) is 0 Å². The lowest BCUT2D eigenvalue weighted by Crippen LogP contribution is -2.26. The van der Waals surface area contributed by atoms with Crippen molar-refractivity contribution in [1.29, 1.82) is 0 Å². The summed E-state index contributed by atoms with van der Waals surface area (Å²) in [6, 6.07) is 30.9. The van der Waals surface area contributed by atoms with Crippen LogP contribution in [0.1, 0.15) is 128 Å². The number of hydrogen-bond acceptors (Lipinski definition) is 6. The number of para-hydroxylation sites is 2. The molecule has 2 aliphatic rings. The van der Waals surface area contributed by atoms with Gasteiger partial charge >= 0.3 is 0 Å². The van der Waals surface area contributed by atoms with E-state index in [1.54, 1.807) is 6.08 Å². The number of allylic oxidation sites excluding steroid dienone is 3. The second-order valence-corrected chi connectivity index (χ2v) is 16.2. The Morgan fingerprint density at radius 1 is 0.509 bits per heavy atom. The molecule has 0 saturated heterocycles. The Morgan fingerprint density at radius 3 is 1.38 bits per heavy atom. The van der Waals surface area contributed by atoms with Gasteiger partial charge in [0.2, 0.25) is 0 Å². The highest BCUT2D eigenvalue weighted by molar-refractivity contribution is 6.40. The maximum absolute atomic E-state index is 14.2. The lowest BCUT2D eigenvalue weighted by molar-refractivity contribution is 0.0988. The molecule has 55 heavy (non-hydrogen) atoms. The van der Waals surface area contributed by atoms with Crippen LogP contribution >= 0.6 is 0 Å². The van der Waals surface area contributed by atoms with E-state index in [-0.39, 0.29) is 40.8 Å². The molecule has 0 bridgehead atoms. The molecular formula is C49H48N4O2. The average Bonchev–Trinajstić information content (AvgIpc) is 3.59. The molecule has 1 aliphatic heterocycles. The number of ketones is 2. The molecule has 6 aromatic rings. The smallest absolute Gasteiger partial charge is 0.197 e. The number of Topliss-reactive ketones (excluding diaryl/α,β-unsaturated/α-hetero) is 2. The number of carbonyl (C=O) groups excluding carboxylic acids is 2. The number of rotatable bonds is 7. The number of anilines is 4. The lowest BCUT2D eigenvalue weighted by Gasteiger charge is -2.32. The van der Waals surface area contributed by atoms with Crippen molar-refractivity contribution < 1.29 is 9.59 Å². The minimum absolute atomic E-state index is 0.151. The van der Waals surface area contributed by atoms with Gasteiger partial charge in [-0.15, -0.1) is 0 Å². The second-order valence-electron chi connectivity index (χ2n) is 16.2. The van der Waals surface area contributed by atoms with E-state index in [9.17, 15) is 9.59 Å². The Hall–Kier alpha value is -5.88. The van der Waals surface area contributed by atoms with E-state index in [1.165, 1.54) is 22.3 Å². The van der Waals surface area contributed by atoms with E-state index < -0.39 is 0 Å². The van der Waals surface area contributed by atoms with Crippen LogP contribution < -0.4 is 9.80 Å². The van der Waals surface area contributed by atoms with E-state index in [1.807, 2.05) is 48.5 Å². The molecule has 0 fully saturated rings. The van der Waals surface area contributed by atoms with Crippen LogP contribution in [-0.4, -0.2) is 21.5 Å². The third-order valence-corrected chi connectivity index (χ3v) is 11.1. The molecule has 276 valence electrons. The van der Waals surface area contributed by atoms with Crippen molar-refractivity contribution in [3.05, 3.63) is 153 Å². The Labute approximate surface area is 324 Å². The normalized spacial score (nSPS) is 14.9. The van der Waals surface area contributed by atoms with E-state index in [4.69, 9.17) is 9.97 Å². The SMILES string of the molecule is Cc1ccc2nc3c(nc2c1)N(c1c(C(C)C)cccc1C(C)C)/C(=C\C=C1C(=O)c2cc4ccccc4cc2C1=O)N3c1c(C(C)C)cccc1C(C)C. The molecule has 1 aliphatic carbocycles. The molecule has 5 aromatic carbocycles. The molecule has 1 aromatic heterocycles.